The van der Waals surface area contributed by atoms with Crippen LogP contribution in [0.5, 0.6) is 0 Å². The molecule has 2 aliphatic rings. The summed E-state index contributed by atoms with van der Waals surface area (Å²) in [4.78, 5) is 0. The summed E-state index contributed by atoms with van der Waals surface area (Å²) in [6.45, 7) is 0.344. The Morgan fingerprint density at radius 1 is 1.21 bits per heavy atom. The summed E-state index contributed by atoms with van der Waals surface area (Å²) in [6.07, 6.45) is 7.26. The summed E-state index contributed by atoms with van der Waals surface area (Å²) in [7, 11) is 0. The van der Waals surface area contributed by atoms with Crippen LogP contribution in [0.4, 0.5) is 0 Å². The van der Waals surface area contributed by atoms with E-state index in [0.29, 0.717) is 30.7 Å². The SMILES string of the molecule is NC1CC(NC2CCCCC2CO)C1. The van der Waals surface area contributed by atoms with Gasteiger partial charge < -0.3 is 16.2 Å². The molecule has 82 valence electrons. The van der Waals surface area contributed by atoms with Crippen molar-refractivity contribution in [3.05, 3.63) is 0 Å². The molecule has 0 spiro atoms. The molecule has 14 heavy (non-hydrogen) atoms. The quantitative estimate of drug-likeness (QED) is 0.623. The fourth-order valence-electron chi connectivity index (χ4n) is 2.75. The van der Waals surface area contributed by atoms with Crippen molar-refractivity contribution in [3.63, 3.8) is 0 Å². The van der Waals surface area contributed by atoms with Gasteiger partial charge in [-0.1, -0.05) is 12.8 Å². The summed E-state index contributed by atoms with van der Waals surface area (Å²) in [5.41, 5.74) is 5.75. The van der Waals surface area contributed by atoms with Crippen molar-refractivity contribution in [2.24, 2.45) is 11.7 Å². The molecule has 2 rings (SSSR count). The van der Waals surface area contributed by atoms with Crippen LogP contribution in [0.15, 0.2) is 0 Å². The van der Waals surface area contributed by atoms with Crippen molar-refractivity contribution >= 4 is 0 Å². The molecule has 0 aliphatic heterocycles. The van der Waals surface area contributed by atoms with Crippen molar-refractivity contribution in [1.82, 2.24) is 5.32 Å². The smallest absolute Gasteiger partial charge is 0.0474 e. The van der Waals surface area contributed by atoms with Crippen LogP contribution in [0.2, 0.25) is 0 Å². The van der Waals surface area contributed by atoms with Crippen molar-refractivity contribution < 1.29 is 5.11 Å². The summed E-state index contributed by atoms with van der Waals surface area (Å²) in [5, 5.41) is 12.9. The Bertz CT molecular complexity index is 180. The molecular weight excluding hydrogens is 176 g/mol. The van der Waals surface area contributed by atoms with E-state index in [1.165, 1.54) is 25.7 Å². The van der Waals surface area contributed by atoms with Crippen LogP contribution in [0.1, 0.15) is 38.5 Å². The zero-order chi connectivity index (χ0) is 9.97. The lowest BCUT2D eigenvalue weighted by molar-refractivity contribution is 0.130. The summed E-state index contributed by atoms with van der Waals surface area (Å²) in [5.74, 6) is 0.487. The molecular formula is C11H22N2O. The van der Waals surface area contributed by atoms with Gasteiger partial charge in [0.05, 0.1) is 0 Å². The van der Waals surface area contributed by atoms with Gasteiger partial charge in [-0.05, 0) is 31.6 Å². The third kappa shape index (κ3) is 2.27. The summed E-state index contributed by atoms with van der Waals surface area (Å²) >= 11 is 0. The average molecular weight is 198 g/mol. The topological polar surface area (TPSA) is 58.3 Å². The fraction of sp³-hybridized carbons (Fsp3) is 1.00. The first-order valence-electron chi connectivity index (χ1n) is 5.92. The van der Waals surface area contributed by atoms with E-state index in [2.05, 4.69) is 5.32 Å². The Morgan fingerprint density at radius 2 is 1.93 bits per heavy atom. The second kappa shape index (κ2) is 4.60. The van der Waals surface area contributed by atoms with Gasteiger partial charge >= 0.3 is 0 Å². The second-order valence-electron chi connectivity index (χ2n) is 4.93. The fourth-order valence-corrected chi connectivity index (χ4v) is 2.75. The van der Waals surface area contributed by atoms with Crippen molar-refractivity contribution in [1.29, 1.82) is 0 Å². The Balaban J connectivity index is 1.77. The van der Waals surface area contributed by atoms with Crippen LogP contribution in [0.25, 0.3) is 0 Å². The molecule has 0 aromatic carbocycles. The van der Waals surface area contributed by atoms with Gasteiger partial charge in [-0.3, -0.25) is 0 Å². The highest BCUT2D eigenvalue weighted by Crippen LogP contribution is 2.27. The van der Waals surface area contributed by atoms with Crippen molar-refractivity contribution in [3.8, 4) is 0 Å². The Kier molecular flexibility index (Phi) is 3.42. The zero-order valence-corrected chi connectivity index (χ0v) is 8.78. The highest BCUT2D eigenvalue weighted by atomic mass is 16.3. The van der Waals surface area contributed by atoms with E-state index in [0.717, 1.165) is 12.8 Å². The molecule has 0 bridgehead atoms. The second-order valence-corrected chi connectivity index (χ2v) is 4.93. The molecule has 2 saturated carbocycles. The molecule has 4 N–H and O–H groups in total. The first-order chi connectivity index (χ1) is 6.79. The monoisotopic (exact) mass is 198 g/mol. The van der Waals surface area contributed by atoms with Crippen molar-refractivity contribution in [2.45, 2.75) is 56.7 Å². The minimum atomic E-state index is 0.344. The largest absolute Gasteiger partial charge is 0.396 e. The standard InChI is InChI=1S/C11H22N2O/c12-9-5-10(6-9)13-11-4-2-1-3-8(11)7-14/h8-11,13-14H,1-7,12H2. The molecule has 0 heterocycles. The van der Waals surface area contributed by atoms with Gasteiger partial charge in [0, 0.05) is 24.7 Å². The van der Waals surface area contributed by atoms with E-state index in [1.807, 2.05) is 0 Å². The third-order valence-electron chi connectivity index (χ3n) is 3.77. The number of nitrogens with two attached hydrogens (primary N) is 1. The van der Waals surface area contributed by atoms with E-state index in [-0.39, 0.29) is 0 Å². The first-order valence-corrected chi connectivity index (χ1v) is 5.92. The lowest BCUT2D eigenvalue weighted by atomic mass is 9.81. The van der Waals surface area contributed by atoms with Crippen LogP contribution >= 0.6 is 0 Å². The van der Waals surface area contributed by atoms with Gasteiger partial charge in [0.1, 0.15) is 0 Å². The van der Waals surface area contributed by atoms with Crippen LogP contribution in [-0.4, -0.2) is 29.8 Å². The Labute approximate surface area is 86.1 Å². The first kappa shape index (κ1) is 10.4. The van der Waals surface area contributed by atoms with Crippen LogP contribution in [0.3, 0.4) is 0 Å². The minimum Gasteiger partial charge on any atom is -0.396 e. The maximum absolute atomic E-state index is 9.25. The highest BCUT2D eigenvalue weighted by molar-refractivity contribution is 4.92. The van der Waals surface area contributed by atoms with Gasteiger partial charge in [0.25, 0.3) is 0 Å². The molecule has 2 fully saturated rings. The van der Waals surface area contributed by atoms with Gasteiger partial charge in [0.15, 0.2) is 0 Å². The lowest BCUT2D eigenvalue weighted by Crippen LogP contribution is -2.54. The van der Waals surface area contributed by atoms with Gasteiger partial charge in [-0.2, -0.15) is 0 Å². The van der Waals surface area contributed by atoms with Crippen LogP contribution < -0.4 is 11.1 Å². The predicted octanol–water partition coefficient (Wildman–Crippen LogP) is 0.617. The molecule has 2 atom stereocenters. The molecule has 2 unspecified atom stereocenters. The summed E-state index contributed by atoms with van der Waals surface area (Å²) < 4.78 is 0. The third-order valence-corrected chi connectivity index (χ3v) is 3.77. The molecule has 2 aliphatic carbocycles. The number of aliphatic hydroxyl groups is 1. The van der Waals surface area contributed by atoms with Crippen LogP contribution in [-0.2, 0) is 0 Å². The van der Waals surface area contributed by atoms with Crippen molar-refractivity contribution in [2.75, 3.05) is 6.61 Å². The van der Waals surface area contributed by atoms with Crippen LogP contribution in [0, 0.1) is 5.92 Å². The average Bonchev–Trinajstić information content (AvgIpc) is 2.16. The molecule has 3 heteroatoms. The lowest BCUT2D eigenvalue weighted by Gasteiger charge is -2.40. The molecule has 0 aromatic rings. The Hall–Kier alpha value is -0.120. The molecule has 0 saturated heterocycles. The molecule has 0 aromatic heterocycles. The zero-order valence-electron chi connectivity index (χ0n) is 8.78. The van der Waals surface area contributed by atoms with E-state index in [9.17, 15) is 5.11 Å². The van der Waals surface area contributed by atoms with E-state index < -0.39 is 0 Å². The number of hydrogen-bond acceptors (Lipinski definition) is 3. The highest BCUT2D eigenvalue weighted by Gasteiger charge is 2.31. The molecule has 3 nitrogen and oxygen atoms in total. The predicted molar refractivity (Wildman–Crippen MR) is 57.0 cm³/mol. The van der Waals surface area contributed by atoms with E-state index in [1.54, 1.807) is 0 Å². The van der Waals surface area contributed by atoms with Gasteiger partial charge in [-0.15, -0.1) is 0 Å². The number of hydrogen-bond donors (Lipinski definition) is 3. The van der Waals surface area contributed by atoms with Gasteiger partial charge in [-0.25, -0.2) is 0 Å². The minimum absolute atomic E-state index is 0.344. The van der Waals surface area contributed by atoms with E-state index in [4.69, 9.17) is 5.73 Å². The summed E-state index contributed by atoms with van der Waals surface area (Å²) in [6, 6.07) is 1.59. The molecule has 0 amide bonds. The normalized spacial score (nSPS) is 43.3. The van der Waals surface area contributed by atoms with E-state index >= 15 is 0 Å². The maximum atomic E-state index is 9.25. The maximum Gasteiger partial charge on any atom is 0.0474 e. The number of nitrogens with one attached hydrogen (secondary N) is 1. The molecule has 0 radical (unpaired) electrons. The number of aliphatic hydroxyl groups excluding tert-OH is 1. The Morgan fingerprint density at radius 3 is 2.57 bits per heavy atom. The number of rotatable bonds is 3. The van der Waals surface area contributed by atoms with Gasteiger partial charge in [0.2, 0.25) is 0 Å².